The molecule has 1 aromatic heterocycles. The van der Waals surface area contributed by atoms with Crippen molar-refractivity contribution in [3.63, 3.8) is 0 Å². The molecule has 2 aromatic carbocycles. The number of sulfonamides is 1. The van der Waals surface area contributed by atoms with E-state index in [1.54, 1.807) is 24.3 Å². The van der Waals surface area contributed by atoms with Crippen LogP contribution in [0.4, 0.5) is 5.69 Å². The van der Waals surface area contributed by atoms with Gasteiger partial charge in [-0.05, 0) is 36.8 Å². The lowest BCUT2D eigenvalue weighted by Crippen LogP contribution is -2.31. The van der Waals surface area contributed by atoms with Crippen molar-refractivity contribution < 1.29 is 17.9 Å². The molecular weight excluding hydrogens is 456 g/mol. The highest BCUT2D eigenvalue weighted by molar-refractivity contribution is 7.92. The summed E-state index contributed by atoms with van der Waals surface area (Å²) in [5, 5.41) is 3.09. The Labute approximate surface area is 190 Å². The van der Waals surface area contributed by atoms with Gasteiger partial charge in [0.15, 0.2) is 0 Å². The Balaban J connectivity index is 1.85. The first-order chi connectivity index (χ1) is 14.9. The summed E-state index contributed by atoms with van der Waals surface area (Å²) in [5.74, 6) is -0.629. The average Bonchev–Trinajstić information content (AvgIpc) is 3.24. The van der Waals surface area contributed by atoms with E-state index in [0.29, 0.717) is 16.4 Å². The highest BCUT2D eigenvalue weighted by atomic mass is 35.5. The van der Waals surface area contributed by atoms with Crippen LogP contribution in [0.5, 0.6) is 0 Å². The second kappa shape index (κ2) is 10.1. The summed E-state index contributed by atoms with van der Waals surface area (Å²) < 4.78 is 33.1. The fraction of sp³-hybridized carbons (Fsp3) is 0.182. The summed E-state index contributed by atoms with van der Waals surface area (Å²) in [6.45, 7) is 5.68. The van der Waals surface area contributed by atoms with Gasteiger partial charge in [-0.2, -0.15) is 0 Å². The van der Waals surface area contributed by atoms with Crippen molar-refractivity contribution in [1.29, 1.82) is 0 Å². The van der Waals surface area contributed by atoms with Crippen molar-refractivity contribution in [3.05, 3.63) is 87.9 Å². The van der Waals surface area contributed by atoms with Crippen molar-refractivity contribution in [2.24, 2.45) is 0 Å². The number of aromatic nitrogens is 1. The number of rotatable bonds is 9. The molecule has 0 atom stereocenters. The van der Waals surface area contributed by atoms with Crippen LogP contribution in [0.15, 0.2) is 71.5 Å². The minimum Gasteiger partial charge on any atom is -0.456 e. The van der Waals surface area contributed by atoms with E-state index in [4.69, 9.17) is 16.3 Å². The highest BCUT2D eigenvalue weighted by Crippen LogP contribution is 2.30. The van der Waals surface area contributed by atoms with Crippen molar-refractivity contribution in [2.75, 3.05) is 10.8 Å². The van der Waals surface area contributed by atoms with Gasteiger partial charge in [0.25, 0.3) is 10.0 Å². The number of nitrogens with zero attached hydrogens (tertiary/aromatic N) is 2. The molecule has 162 valence electrons. The fourth-order valence-electron chi connectivity index (χ4n) is 2.81. The Morgan fingerprint density at radius 1 is 1.26 bits per heavy atom. The van der Waals surface area contributed by atoms with Gasteiger partial charge >= 0.3 is 5.97 Å². The average molecular weight is 477 g/mol. The molecule has 3 aromatic rings. The lowest BCUT2D eigenvalue weighted by atomic mass is 10.2. The maximum Gasteiger partial charge on any atom is 0.338 e. The van der Waals surface area contributed by atoms with Crippen LogP contribution in [0.2, 0.25) is 5.02 Å². The van der Waals surface area contributed by atoms with E-state index < -0.39 is 16.0 Å². The Bertz CT molecular complexity index is 1190. The first kappa shape index (κ1) is 23.0. The van der Waals surface area contributed by atoms with Gasteiger partial charge in [0.2, 0.25) is 0 Å². The minimum atomic E-state index is -4.00. The van der Waals surface area contributed by atoms with Crippen LogP contribution >= 0.6 is 22.9 Å². The van der Waals surface area contributed by atoms with Gasteiger partial charge in [-0.1, -0.05) is 42.8 Å². The lowest BCUT2D eigenvalue weighted by Gasteiger charge is -2.24. The van der Waals surface area contributed by atoms with Crippen molar-refractivity contribution >= 4 is 44.6 Å². The molecule has 0 amide bonds. The Kier molecular flexibility index (Phi) is 7.48. The first-order valence-electron chi connectivity index (χ1n) is 9.45. The number of aryl methyl sites for hydroxylation is 1. The molecule has 1 heterocycles. The second-order valence-electron chi connectivity index (χ2n) is 6.47. The molecule has 0 aliphatic heterocycles. The summed E-state index contributed by atoms with van der Waals surface area (Å²) in [5.41, 5.74) is 1.12. The van der Waals surface area contributed by atoms with E-state index >= 15 is 0 Å². The Hall–Kier alpha value is -2.68. The summed E-state index contributed by atoms with van der Waals surface area (Å²) in [6.07, 6.45) is 2.28. The monoisotopic (exact) mass is 476 g/mol. The minimum absolute atomic E-state index is 0.0182. The predicted octanol–water partition coefficient (Wildman–Crippen LogP) is 5.10. The SMILES string of the molecule is C=CCN(c1ccccc1Cl)S(=O)(=O)c1cccc(C(=O)OCc2csc(CC)n2)c1. The number of ether oxygens (including phenoxy) is 1. The molecule has 6 nitrogen and oxygen atoms in total. The number of benzene rings is 2. The number of hydrogen-bond acceptors (Lipinski definition) is 6. The third-order valence-corrected chi connectivity index (χ3v) is 7.46. The van der Waals surface area contributed by atoms with Crippen LogP contribution in [0.3, 0.4) is 0 Å². The molecule has 0 aliphatic rings. The zero-order chi connectivity index (χ0) is 22.4. The molecule has 0 fully saturated rings. The van der Waals surface area contributed by atoms with Crippen molar-refractivity contribution in [3.8, 4) is 0 Å². The Morgan fingerprint density at radius 3 is 2.71 bits per heavy atom. The molecule has 0 bridgehead atoms. The van der Waals surface area contributed by atoms with Crippen LogP contribution in [-0.4, -0.2) is 25.9 Å². The number of anilines is 1. The van der Waals surface area contributed by atoms with Crippen molar-refractivity contribution in [2.45, 2.75) is 24.8 Å². The zero-order valence-electron chi connectivity index (χ0n) is 16.8. The van der Waals surface area contributed by atoms with E-state index in [1.807, 2.05) is 12.3 Å². The third-order valence-electron chi connectivity index (χ3n) is 4.33. The molecule has 0 radical (unpaired) electrons. The standard InChI is InChI=1S/C22H21ClN2O4S2/c1-3-12-25(20-11-6-5-10-19(20)23)31(27,28)18-9-7-8-16(13-18)22(26)29-14-17-15-30-21(4-2)24-17/h3,5-11,13,15H,1,4,12,14H2,2H3. The Morgan fingerprint density at radius 2 is 2.03 bits per heavy atom. The van der Waals surface area contributed by atoms with E-state index in [-0.39, 0.29) is 23.6 Å². The van der Waals surface area contributed by atoms with Gasteiger partial charge in [0.1, 0.15) is 6.61 Å². The van der Waals surface area contributed by atoms with E-state index in [1.165, 1.54) is 41.7 Å². The second-order valence-corrected chi connectivity index (χ2v) is 9.68. The molecule has 0 N–H and O–H groups in total. The van der Waals surface area contributed by atoms with Crippen LogP contribution in [0, 0.1) is 0 Å². The summed E-state index contributed by atoms with van der Waals surface area (Å²) in [7, 11) is -4.00. The number of para-hydroxylation sites is 1. The van der Waals surface area contributed by atoms with Gasteiger partial charge in [-0.15, -0.1) is 17.9 Å². The van der Waals surface area contributed by atoms with Gasteiger partial charge in [-0.3, -0.25) is 4.31 Å². The van der Waals surface area contributed by atoms with E-state index in [0.717, 1.165) is 15.7 Å². The molecule has 0 spiro atoms. The van der Waals surface area contributed by atoms with Crippen LogP contribution in [0.1, 0.15) is 28.0 Å². The smallest absolute Gasteiger partial charge is 0.338 e. The van der Waals surface area contributed by atoms with Gasteiger partial charge in [0.05, 0.1) is 38.4 Å². The topological polar surface area (TPSA) is 76.6 Å². The first-order valence-corrected chi connectivity index (χ1v) is 12.1. The normalized spacial score (nSPS) is 11.2. The van der Waals surface area contributed by atoms with E-state index in [2.05, 4.69) is 11.6 Å². The molecule has 0 saturated carbocycles. The highest BCUT2D eigenvalue weighted by Gasteiger charge is 2.26. The predicted molar refractivity (Wildman–Crippen MR) is 123 cm³/mol. The van der Waals surface area contributed by atoms with Gasteiger partial charge in [-0.25, -0.2) is 18.2 Å². The molecule has 0 unspecified atom stereocenters. The number of thiazole rings is 1. The molecule has 31 heavy (non-hydrogen) atoms. The van der Waals surface area contributed by atoms with Crippen LogP contribution in [-0.2, 0) is 27.8 Å². The molecule has 3 rings (SSSR count). The van der Waals surface area contributed by atoms with Crippen LogP contribution in [0.25, 0.3) is 0 Å². The fourth-order valence-corrected chi connectivity index (χ4v) is 5.33. The number of carbonyl (C=O) groups is 1. The largest absolute Gasteiger partial charge is 0.456 e. The maximum atomic E-state index is 13.3. The molecule has 0 saturated heterocycles. The zero-order valence-corrected chi connectivity index (χ0v) is 19.2. The molecular formula is C22H21ClN2O4S2. The molecule has 0 aliphatic carbocycles. The van der Waals surface area contributed by atoms with Gasteiger partial charge in [0, 0.05) is 5.38 Å². The number of carbonyl (C=O) groups excluding carboxylic acids is 1. The quantitative estimate of drug-likeness (QED) is 0.317. The maximum absolute atomic E-state index is 13.3. The van der Waals surface area contributed by atoms with Crippen LogP contribution < -0.4 is 4.31 Å². The number of halogens is 1. The van der Waals surface area contributed by atoms with Crippen molar-refractivity contribution in [1.82, 2.24) is 4.98 Å². The summed E-state index contributed by atoms with van der Waals surface area (Å²) >= 11 is 7.73. The van der Waals surface area contributed by atoms with E-state index in [9.17, 15) is 13.2 Å². The summed E-state index contributed by atoms with van der Waals surface area (Å²) in [4.78, 5) is 16.8. The summed E-state index contributed by atoms with van der Waals surface area (Å²) in [6, 6.07) is 12.4. The number of hydrogen-bond donors (Lipinski definition) is 0. The third kappa shape index (κ3) is 5.33. The van der Waals surface area contributed by atoms with Gasteiger partial charge < -0.3 is 4.74 Å². The number of esters is 1. The molecule has 9 heteroatoms. The lowest BCUT2D eigenvalue weighted by molar-refractivity contribution is 0.0468.